The van der Waals surface area contributed by atoms with Gasteiger partial charge >= 0.3 is 25.3 Å². The van der Waals surface area contributed by atoms with Crippen LogP contribution in [0.2, 0.25) is 0 Å². The van der Waals surface area contributed by atoms with Gasteiger partial charge in [-0.3, -0.25) is 18.7 Å². The van der Waals surface area contributed by atoms with Crippen LogP contribution >= 0.6 is 19.4 Å². The molecule has 1 aliphatic heterocycles. The maximum Gasteiger partial charge on any atom is 0.350 e. The van der Waals surface area contributed by atoms with Gasteiger partial charge in [0.25, 0.3) is 0 Å². The minimum Gasteiger partial charge on any atom is -0.459 e. The molecule has 6 atom stereocenters. The molecule has 1 aromatic heterocycles. The smallest absolute Gasteiger partial charge is 0.350 e. The van der Waals surface area contributed by atoms with Crippen LogP contribution in [0.25, 0.3) is 0 Å². The number of carbonyl (C=O) groups excluding carboxylic acids is 2. The zero-order chi connectivity index (χ0) is 29.9. The monoisotopic (exact) mass is 595 g/mol. The zero-order valence-corrected chi connectivity index (χ0v) is 25.0. The second kappa shape index (κ2) is 12.6. The van der Waals surface area contributed by atoms with E-state index in [2.05, 4.69) is 15.2 Å². The lowest BCUT2D eigenvalue weighted by Crippen LogP contribution is -2.45. The summed E-state index contributed by atoms with van der Waals surface area (Å²) >= 11 is 0.879. The second-order valence-corrected chi connectivity index (χ2v) is 14.4. The predicted octanol–water partition coefficient (Wildman–Crippen LogP) is 1.90. The highest BCUT2D eigenvalue weighted by Gasteiger charge is 2.46. The average molecular weight is 596 g/mol. The lowest BCUT2D eigenvalue weighted by atomic mass is 10.1. The third-order valence-electron chi connectivity index (χ3n) is 5.09. The molecule has 1 aliphatic rings. The van der Waals surface area contributed by atoms with Crippen LogP contribution in [-0.2, 0) is 28.2 Å². The molecule has 1 saturated heterocycles. The minimum atomic E-state index is -4.22. The number of rotatable bonds is 10. The number of nitrogens with two attached hydrogens (primary N) is 1. The number of hydrogen-bond acceptors (Lipinski definition) is 11. The first-order valence-corrected chi connectivity index (χ1v) is 14.9. The summed E-state index contributed by atoms with van der Waals surface area (Å²) in [5.41, 5.74) is 3.06. The number of carbonyl (C=O) groups is 2. The van der Waals surface area contributed by atoms with E-state index in [9.17, 15) is 28.4 Å². The van der Waals surface area contributed by atoms with Gasteiger partial charge in [0, 0.05) is 6.20 Å². The van der Waals surface area contributed by atoms with E-state index in [0.717, 1.165) is 16.3 Å². The van der Waals surface area contributed by atoms with E-state index in [1.165, 1.54) is 26.1 Å². The van der Waals surface area contributed by atoms with E-state index >= 15 is 0 Å². The van der Waals surface area contributed by atoms with Crippen LogP contribution in [0.5, 0.6) is 0 Å². The van der Waals surface area contributed by atoms with Crippen LogP contribution < -0.4 is 21.6 Å². The quantitative estimate of drug-likeness (QED) is 0.227. The summed E-state index contributed by atoms with van der Waals surface area (Å²) in [6.07, 6.45) is -2.21. The molecule has 0 amide bonds. The average Bonchev–Trinajstić information content (AvgIpc) is 3.04. The van der Waals surface area contributed by atoms with Crippen molar-refractivity contribution in [2.45, 2.75) is 102 Å². The Morgan fingerprint density at radius 2 is 1.64 bits per heavy atom. The molecule has 0 unspecified atom stereocenters. The highest BCUT2D eigenvalue weighted by molar-refractivity contribution is 8.00. The van der Waals surface area contributed by atoms with Gasteiger partial charge < -0.3 is 24.8 Å². The number of alkyl halides is 1. The molecule has 0 aliphatic carbocycles. The fourth-order valence-corrected chi connectivity index (χ4v) is 6.71. The van der Waals surface area contributed by atoms with Gasteiger partial charge in [-0.2, -0.15) is 4.98 Å². The summed E-state index contributed by atoms with van der Waals surface area (Å²) in [4.78, 5) is 40.8. The fourth-order valence-electron chi connectivity index (χ4n) is 3.37. The van der Waals surface area contributed by atoms with Crippen LogP contribution in [0.4, 0.5) is 10.2 Å². The van der Waals surface area contributed by atoms with Gasteiger partial charge in [0.15, 0.2) is 6.17 Å². The van der Waals surface area contributed by atoms with Crippen LogP contribution in [0, 0.1) is 0 Å². The summed E-state index contributed by atoms with van der Waals surface area (Å²) in [5.74, 6) is -1.49. The number of thioether (sulfide) groups is 1. The molecule has 0 bridgehead atoms. The molecule has 5 N–H and O–H groups in total. The lowest BCUT2D eigenvalue weighted by Gasteiger charge is -2.29. The van der Waals surface area contributed by atoms with Crippen molar-refractivity contribution in [3.05, 3.63) is 22.7 Å². The van der Waals surface area contributed by atoms with Gasteiger partial charge in [0.2, 0.25) is 0 Å². The molecule has 2 rings (SSSR count). The zero-order valence-electron chi connectivity index (χ0n) is 23.3. The van der Waals surface area contributed by atoms with Crippen molar-refractivity contribution in [1.29, 1.82) is 0 Å². The van der Waals surface area contributed by atoms with E-state index < -0.39 is 78.1 Å². The van der Waals surface area contributed by atoms with Crippen molar-refractivity contribution in [2.24, 2.45) is 0 Å². The molecular weight excluding hydrogens is 556 g/mol. The summed E-state index contributed by atoms with van der Waals surface area (Å²) in [6.45, 7) is 12.3. The lowest BCUT2D eigenvalue weighted by molar-refractivity contribution is -0.157. The topological polar surface area (TPSA) is 184 Å². The number of anilines is 1. The summed E-state index contributed by atoms with van der Waals surface area (Å²) in [5, 5.41) is 13.5. The highest BCUT2D eigenvalue weighted by Crippen LogP contribution is 2.46. The molecule has 0 aromatic carbocycles. The maximum absolute atomic E-state index is 15.0. The minimum absolute atomic E-state index is 0.0358. The first-order valence-electron chi connectivity index (χ1n) is 12.3. The number of hydrogen-bond donors (Lipinski definition) is 4. The number of halogens is 1. The molecule has 0 radical (unpaired) electrons. The molecule has 13 nitrogen and oxygen atoms in total. The first kappa shape index (κ1) is 33.2. The van der Waals surface area contributed by atoms with Crippen molar-refractivity contribution < 1.29 is 37.6 Å². The van der Waals surface area contributed by atoms with E-state index in [-0.39, 0.29) is 5.82 Å². The van der Waals surface area contributed by atoms with Crippen molar-refractivity contribution in [3.8, 4) is 0 Å². The molecule has 16 heteroatoms. The van der Waals surface area contributed by atoms with Gasteiger partial charge in [-0.25, -0.2) is 19.4 Å². The number of nitrogens with zero attached hydrogens (tertiary/aromatic N) is 2. The molecule has 39 heavy (non-hydrogen) atoms. The normalized spacial score (nSPS) is 23.7. The van der Waals surface area contributed by atoms with Crippen LogP contribution in [0.1, 0.15) is 60.8 Å². The molecule has 2 heterocycles. The number of esters is 2. The van der Waals surface area contributed by atoms with Crippen LogP contribution in [0.3, 0.4) is 0 Å². The molecule has 1 aromatic rings. The largest absolute Gasteiger partial charge is 0.459 e. The summed E-state index contributed by atoms with van der Waals surface area (Å²) in [7, 11) is -4.22. The van der Waals surface area contributed by atoms with Crippen molar-refractivity contribution >= 4 is 37.2 Å². The van der Waals surface area contributed by atoms with Gasteiger partial charge in [0.1, 0.15) is 40.6 Å². The van der Waals surface area contributed by atoms with Crippen molar-refractivity contribution in [1.82, 2.24) is 19.7 Å². The van der Waals surface area contributed by atoms with Gasteiger partial charge in [-0.05, 0) is 61.5 Å². The Morgan fingerprint density at radius 1 is 1.15 bits per heavy atom. The van der Waals surface area contributed by atoms with E-state index in [0.29, 0.717) is 0 Å². The van der Waals surface area contributed by atoms with Gasteiger partial charge in [0.05, 0.1) is 11.9 Å². The Labute approximate surface area is 231 Å². The van der Waals surface area contributed by atoms with E-state index in [1.807, 2.05) is 0 Å². The number of aliphatic hydroxyl groups excluding tert-OH is 1. The Bertz CT molecular complexity index is 1100. The summed E-state index contributed by atoms with van der Waals surface area (Å²) < 4.78 is 46.1. The number of ether oxygens (including phenoxy) is 2. The number of aromatic nitrogens is 2. The van der Waals surface area contributed by atoms with E-state index in [4.69, 9.17) is 19.7 Å². The van der Waals surface area contributed by atoms with Crippen molar-refractivity contribution in [2.75, 3.05) is 12.3 Å². The molecule has 0 saturated carbocycles. The number of nitrogens with one attached hydrogen (secondary N) is 2. The van der Waals surface area contributed by atoms with Gasteiger partial charge in [-0.15, -0.1) is 11.8 Å². The van der Waals surface area contributed by atoms with Gasteiger partial charge in [-0.1, -0.05) is 0 Å². The molecule has 0 spiro atoms. The fraction of sp³-hybridized carbons (Fsp3) is 0.739. The maximum atomic E-state index is 15.0. The Kier molecular flexibility index (Phi) is 10.8. The van der Waals surface area contributed by atoms with E-state index in [1.54, 1.807) is 41.5 Å². The Hall–Kier alpha value is -2.03. The number of nitrogen functional groups attached to an aromatic ring is 1. The Morgan fingerprint density at radius 3 is 2.08 bits per heavy atom. The van der Waals surface area contributed by atoms with Crippen LogP contribution in [0.15, 0.2) is 17.1 Å². The Balaban J connectivity index is 2.22. The highest BCUT2D eigenvalue weighted by atomic mass is 32.2. The predicted molar refractivity (Wildman–Crippen MR) is 145 cm³/mol. The second-order valence-electron chi connectivity index (χ2n) is 11.2. The van der Waals surface area contributed by atoms with Crippen molar-refractivity contribution in [3.63, 3.8) is 0 Å². The number of aliphatic hydroxyl groups is 1. The molecule has 1 fully saturated rings. The third kappa shape index (κ3) is 9.83. The first-order chi connectivity index (χ1) is 17.7. The van der Waals surface area contributed by atoms with Crippen LogP contribution in [-0.4, -0.2) is 74.0 Å². The third-order valence-corrected chi connectivity index (χ3v) is 8.59. The molecular formula is C23H39FN5O8PS. The molecule has 222 valence electrons. The summed E-state index contributed by atoms with van der Waals surface area (Å²) in [6, 6.07) is -0.963. The standard InChI is InChI=1S/C23H39FN5O8PS/c1-12(19(31)36-22(3,4)5)27-38(34,28-13(2)20(32)37-23(6,7)8)35-11-14-17(30)16(24)18(39-14)29-10-9-15(25)26-21(29)33/h9-10,12-14,16-18,30H,11H2,1-8H3,(H2,25,26,33)(H2,27,28,34)/t12-,13-,14+,16-,17+,18+/m0/s1. The SMILES string of the molecule is C[C@H](NP(=O)(N[C@@H](C)C(=O)OC(C)(C)C)OC[C@H]1S[C@@H](n2ccc(N)nc2=O)[C@@H](F)[C@@H]1O)C(=O)OC(C)(C)C.